The zero-order valence-electron chi connectivity index (χ0n) is 11.1. The number of nitrogens with zero attached hydrogens (tertiary/aromatic N) is 2. The van der Waals surface area contributed by atoms with Crippen molar-refractivity contribution in [3.63, 3.8) is 0 Å². The van der Waals surface area contributed by atoms with Crippen LogP contribution in [0.5, 0.6) is 0 Å². The van der Waals surface area contributed by atoms with Crippen LogP contribution in [0.3, 0.4) is 0 Å². The Bertz CT molecular complexity index is 371. The maximum atomic E-state index is 4.46. The van der Waals surface area contributed by atoms with E-state index in [0.717, 1.165) is 19.5 Å². The SMILES string of the molecule is CC(C)c1n[nH]c2c1CCN(C(C)(C)C)C2. The van der Waals surface area contributed by atoms with Gasteiger partial charge in [0.15, 0.2) is 0 Å². The van der Waals surface area contributed by atoms with E-state index in [2.05, 4.69) is 49.7 Å². The number of fused-ring (bicyclic) bond motifs is 1. The molecule has 1 aliphatic rings. The number of rotatable bonds is 1. The zero-order chi connectivity index (χ0) is 11.9. The highest BCUT2D eigenvalue weighted by Gasteiger charge is 2.28. The van der Waals surface area contributed by atoms with Gasteiger partial charge in [-0.1, -0.05) is 13.8 Å². The van der Waals surface area contributed by atoms with Crippen LogP contribution in [0.25, 0.3) is 0 Å². The van der Waals surface area contributed by atoms with Gasteiger partial charge in [0.25, 0.3) is 0 Å². The van der Waals surface area contributed by atoms with E-state index in [0.29, 0.717) is 5.92 Å². The van der Waals surface area contributed by atoms with Gasteiger partial charge in [0.1, 0.15) is 0 Å². The van der Waals surface area contributed by atoms with Crippen LogP contribution in [0, 0.1) is 0 Å². The van der Waals surface area contributed by atoms with E-state index in [9.17, 15) is 0 Å². The number of aromatic amines is 1. The Labute approximate surface area is 98.2 Å². The molecule has 0 bridgehead atoms. The Kier molecular flexibility index (Phi) is 2.82. The van der Waals surface area contributed by atoms with E-state index in [4.69, 9.17) is 0 Å². The quantitative estimate of drug-likeness (QED) is 0.790. The molecule has 0 amide bonds. The normalized spacial score (nSPS) is 17.9. The molecule has 0 radical (unpaired) electrons. The molecule has 3 nitrogen and oxygen atoms in total. The monoisotopic (exact) mass is 221 g/mol. The van der Waals surface area contributed by atoms with E-state index in [1.807, 2.05) is 0 Å². The van der Waals surface area contributed by atoms with Crippen molar-refractivity contribution in [1.29, 1.82) is 0 Å². The van der Waals surface area contributed by atoms with Crippen LogP contribution in [0.1, 0.15) is 57.5 Å². The lowest BCUT2D eigenvalue weighted by atomic mass is 9.95. The molecule has 0 fully saturated rings. The molecule has 90 valence electrons. The summed E-state index contributed by atoms with van der Waals surface area (Å²) < 4.78 is 0. The minimum atomic E-state index is 0.251. The Hall–Kier alpha value is -0.830. The van der Waals surface area contributed by atoms with Gasteiger partial charge >= 0.3 is 0 Å². The molecule has 1 aromatic rings. The average molecular weight is 221 g/mol. The van der Waals surface area contributed by atoms with E-state index < -0.39 is 0 Å². The first kappa shape index (κ1) is 11.6. The molecular formula is C13H23N3. The molecule has 2 heterocycles. The second kappa shape index (κ2) is 3.88. The number of hydrogen-bond donors (Lipinski definition) is 1. The predicted octanol–water partition coefficient (Wildman–Crippen LogP) is 2.69. The van der Waals surface area contributed by atoms with Gasteiger partial charge in [0, 0.05) is 18.6 Å². The Morgan fingerprint density at radius 3 is 2.56 bits per heavy atom. The Morgan fingerprint density at radius 1 is 1.31 bits per heavy atom. The van der Waals surface area contributed by atoms with Gasteiger partial charge in [-0.2, -0.15) is 5.10 Å². The summed E-state index contributed by atoms with van der Waals surface area (Å²) in [5.41, 5.74) is 4.31. The highest BCUT2D eigenvalue weighted by atomic mass is 15.2. The highest BCUT2D eigenvalue weighted by molar-refractivity contribution is 5.30. The zero-order valence-corrected chi connectivity index (χ0v) is 11.1. The van der Waals surface area contributed by atoms with Crippen molar-refractivity contribution in [3.05, 3.63) is 17.0 Å². The molecular weight excluding hydrogens is 198 g/mol. The van der Waals surface area contributed by atoms with Crippen molar-refractivity contribution in [2.75, 3.05) is 6.54 Å². The Balaban J connectivity index is 2.23. The lowest BCUT2D eigenvalue weighted by Gasteiger charge is -2.38. The molecule has 0 saturated heterocycles. The van der Waals surface area contributed by atoms with Crippen LogP contribution in [0.2, 0.25) is 0 Å². The van der Waals surface area contributed by atoms with Gasteiger partial charge < -0.3 is 0 Å². The minimum absolute atomic E-state index is 0.251. The average Bonchev–Trinajstić information content (AvgIpc) is 2.58. The van der Waals surface area contributed by atoms with Crippen molar-refractivity contribution in [2.24, 2.45) is 0 Å². The molecule has 3 heteroatoms. The van der Waals surface area contributed by atoms with E-state index in [-0.39, 0.29) is 5.54 Å². The van der Waals surface area contributed by atoms with Gasteiger partial charge in [-0.3, -0.25) is 10.00 Å². The summed E-state index contributed by atoms with van der Waals surface area (Å²) in [5, 5.41) is 7.68. The molecule has 1 aliphatic heterocycles. The third-order valence-electron chi connectivity index (χ3n) is 3.46. The molecule has 16 heavy (non-hydrogen) atoms. The smallest absolute Gasteiger partial charge is 0.0683 e. The molecule has 0 unspecified atom stereocenters. The van der Waals surface area contributed by atoms with Crippen molar-refractivity contribution >= 4 is 0 Å². The fraction of sp³-hybridized carbons (Fsp3) is 0.769. The number of nitrogens with one attached hydrogen (secondary N) is 1. The van der Waals surface area contributed by atoms with E-state index in [1.54, 1.807) is 0 Å². The number of aromatic nitrogens is 2. The third-order valence-corrected chi connectivity index (χ3v) is 3.46. The van der Waals surface area contributed by atoms with Crippen LogP contribution in [0.4, 0.5) is 0 Å². The van der Waals surface area contributed by atoms with Gasteiger partial charge in [0.2, 0.25) is 0 Å². The van der Waals surface area contributed by atoms with Gasteiger partial charge in [-0.25, -0.2) is 0 Å². The lowest BCUT2D eigenvalue weighted by molar-refractivity contribution is 0.119. The predicted molar refractivity (Wildman–Crippen MR) is 66.5 cm³/mol. The molecule has 0 aromatic carbocycles. The summed E-state index contributed by atoms with van der Waals surface area (Å²) >= 11 is 0. The maximum Gasteiger partial charge on any atom is 0.0683 e. The summed E-state index contributed by atoms with van der Waals surface area (Å²) in [5.74, 6) is 0.529. The summed E-state index contributed by atoms with van der Waals surface area (Å²) in [4.78, 5) is 2.51. The molecule has 0 aliphatic carbocycles. The topological polar surface area (TPSA) is 31.9 Å². The maximum absolute atomic E-state index is 4.46. The lowest BCUT2D eigenvalue weighted by Crippen LogP contribution is -2.44. The van der Waals surface area contributed by atoms with Gasteiger partial charge in [-0.15, -0.1) is 0 Å². The van der Waals surface area contributed by atoms with Crippen LogP contribution < -0.4 is 0 Å². The summed E-state index contributed by atoms with van der Waals surface area (Å²) in [6.45, 7) is 13.4. The highest BCUT2D eigenvalue weighted by Crippen LogP contribution is 2.28. The van der Waals surface area contributed by atoms with Crippen molar-refractivity contribution in [3.8, 4) is 0 Å². The van der Waals surface area contributed by atoms with Crippen LogP contribution in [0.15, 0.2) is 0 Å². The molecule has 1 aromatic heterocycles. The van der Waals surface area contributed by atoms with Crippen LogP contribution >= 0.6 is 0 Å². The van der Waals surface area contributed by atoms with Crippen molar-refractivity contribution in [1.82, 2.24) is 15.1 Å². The Morgan fingerprint density at radius 2 is 2.00 bits per heavy atom. The van der Waals surface area contributed by atoms with E-state index in [1.165, 1.54) is 17.0 Å². The molecule has 0 spiro atoms. The molecule has 0 saturated carbocycles. The number of H-pyrrole nitrogens is 1. The van der Waals surface area contributed by atoms with E-state index >= 15 is 0 Å². The van der Waals surface area contributed by atoms with Crippen molar-refractivity contribution in [2.45, 2.75) is 59.0 Å². The third kappa shape index (κ3) is 2.01. The number of hydrogen-bond acceptors (Lipinski definition) is 2. The fourth-order valence-corrected chi connectivity index (χ4v) is 2.39. The van der Waals surface area contributed by atoms with Crippen molar-refractivity contribution < 1.29 is 0 Å². The molecule has 1 N–H and O–H groups in total. The standard InChI is InChI=1S/C13H23N3/c1-9(2)12-10-6-7-16(13(3,4)5)8-11(10)14-15-12/h9H,6-8H2,1-5H3,(H,14,15). The molecule has 2 rings (SSSR count). The second-order valence-electron chi connectivity index (χ2n) is 6.06. The van der Waals surface area contributed by atoms with Crippen LogP contribution in [-0.2, 0) is 13.0 Å². The van der Waals surface area contributed by atoms with Crippen LogP contribution in [-0.4, -0.2) is 27.2 Å². The first-order valence-corrected chi connectivity index (χ1v) is 6.20. The largest absolute Gasteiger partial charge is 0.292 e. The first-order chi connectivity index (χ1) is 7.39. The molecule has 0 atom stereocenters. The summed E-state index contributed by atoms with van der Waals surface area (Å²) in [7, 11) is 0. The minimum Gasteiger partial charge on any atom is -0.292 e. The summed E-state index contributed by atoms with van der Waals surface area (Å²) in [6.07, 6.45) is 1.14. The summed E-state index contributed by atoms with van der Waals surface area (Å²) in [6, 6.07) is 0. The van der Waals surface area contributed by atoms with Gasteiger partial charge in [0.05, 0.1) is 11.4 Å². The first-order valence-electron chi connectivity index (χ1n) is 6.20. The van der Waals surface area contributed by atoms with Gasteiger partial charge in [-0.05, 0) is 38.7 Å². The fourth-order valence-electron chi connectivity index (χ4n) is 2.39. The second-order valence-corrected chi connectivity index (χ2v) is 6.06.